The zero-order valence-electron chi connectivity index (χ0n) is 11.5. The first kappa shape index (κ1) is 14.3. The van der Waals surface area contributed by atoms with Gasteiger partial charge in [-0.3, -0.25) is 9.59 Å². The lowest BCUT2D eigenvalue weighted by molar-refractivity contribution is -0.148. The quantitative estimate of drug-likeness (QED) is 0.843. The van der Waals surface area contributed by atoms with Crippen LogP contribution in [0.2, 0.25) is 0 Å². The van der Waals surface area contributed by atoms with Crippen LogP contribution >= 0.6 is 0 Å². The smallest absolute Gasteiger partial charge is 0.306 e. The van der Waals surface area contributed by atoms with Crippen molar-refractivity contribution in [2.45, 2.75) is 45.1 Å². The fourth-order valence-electron chi connectivity index (χ4n) is 3.06. The molecule has 3 atom stereocenters. The van der Waals surface area contributed by atoms with Crippen molar-refractivity contribution in [1.82, 2.24) is 4.90 Å². The standard InChI is InChI=1S/C14H23NO4/c1-2-12-9-15(6-7-19-12)13(16)10-4-3-5-11(8-10)14(17)18/h10-12H,2-9H2,1H3,(H,17,18)/t10-,11-,12-/m1/s1. The largest absolute Gasteiger partial charge is 0.481 e. The van der Waals surface area contributed by atoms with E-state index < -0.39 is 5.97 Å². The predicted molar refractivity (Wildman–Crippen MR) is 69.7 cm³/mol. The van der Waals surface area contributed by atoms with Crippen molar-refractivity contribution < 1.29 is 19.4 Å². The summed E-state index contributed by atoms with van der Waals surface area (Å²) in [5.41, 5.74) is 0. The third kappa shape index (κ3) is 3.47. The van der Waals surface area contributed by atoms with E-state index in [0.717, 1.165) is 19.3 Å². The van der Waals surface area contributed by atoms with E-state index in [2.05, 4.69) is 6.92 Å². The van der Waals surface area contributed by atoms with Gasteiger partial charge in [-0.15, -0.1) is 0 Å². The molecule has 19 heavy (non-hydrogen) atoms. The van der Waals surface area contributed by atoms with Crippen LogP contribution in [0.1, 0.15) is 39.0 Å². The Kier molecular flexibility index (Phi) is 4.80. The number of ether oxygens (including phenoxy) is 1. The molecule has 0 spiro atoms. The molecule has 2 aliphatic rings. The summed E-state index contributed by atoms with van der Waals surface area (Å²) in [4.78, 5) is 25.4. The number of aliphatic carboxylic acids is 1. The van der Waals surface area contributed by atoms with E-state index in [1.165, 1.54) is 0 Å². The number of morpholine rings is 1. The molecule has 1 saturated carbocycles. The van der Waals surface area contributed by atoms with Crippen LogP contribution in [0, 0.1) is 11.8 Å². The van der Waals surface area contributed by atoms with Gasteiger partial charge in [-0.25, -0.2) is 0 Å². The predicted octanol–water partition coefficient (Wildman–Crippen LogP) is 1.51. The fraction of sp³-hybridized carbons (Fsp3) is 0.857. The van der Waals surface area contributed by atoms with Gasteiger partial charge in [0.2, 0.25) is 5.91 Å². The number of rotatable bonds is 3. The van der Waals surface area contributed by atoms with Crippen LogP contribution < -0.4 is 0 Å². The highest BCUT2D eigenvalue weighted by Crippen LogP contribution is 2.31. The second-order valence-electron chi connectivity index (χ2n) is 5.58. The van der Waals surface area contributed by atoms with Crippen LogP contribution in [0.15, 0.2) is 0 Å². The molecule has 2 fully saturated rings. The highest BCUT2D eigenvalue weighted by atomic mass is 16.5. The first-order chi connectivity index (χ1) is 9.11. The summed E-state index contributed by atoms with van der Waals surface area (Å²) in [5, 5.41) is 9.08. The molecule has 108 valence electrons. The van der Waals surface area contributed by atoms with E-state index in [1.807, 2.05) is 4.90 Å². The Morgan fingerprint density at radius 2 is 2.05 bits per heavy atom. The minimum absolute atomic E-state index is 0.106. The molecule has 0 aromatic carbocycles. The Labute approximate surface area is 113 Å². The van der Waals surface area contributed by atoms with Crippen LogP contribution in [0.4, 0.5) is 0 Å². The van der Waals surface area contributed by atoms with Crippen LogP contribution in [-0.2, 0) is 14.3 Å². The lowest BCUT2D eigenvalue weighted by Crippen LogP contribution is -2.48. The Morgan fingerprint density at radius 3 is 2.74 bits per heavy atom. The van der Waals surface area contributed by atoms with Gasteiger partial charge in [0.1, 0.15) is 0 Å². The third-order valence-corrected chi connectivity index (χ3v) is 4.28. The maximum Gasteiger partial charge on any atom is 0.306 e. The average molecular weight is 269 g/mol. The van der Waals surface area contributed by atoms with Gasteiger partial charge in [0, 0.05) is 19.0 Å². The molecule has 1 saturated heterocycles. The number of nitrogens with zero attached hydrogens (tertiary/aromatic N) is 1. The number of hydrogen-bond acceptors (Lipinski definition) is 3. The van der Waals surface area contributed by atoms with Gasteiger partial charge in [0.15, 0.2) is 0 Å². The van der Waals surface area contributed by atoms with E-state index in [-0.39, 0.29) is 23.8 Å². The van der Waals surface area contributed by atoms with Gasteiger partial charge in [-0.2, -0.15) is 0 Å². The minimum atomic E-state index is -0.758. The molecule has 0 bridgehead atoms. The van der Waals surface area contributed by atoms with E-state index in [9.17, 15) is 9.59 Å². The molecular weight excluding hydrogens is 246 g/mol. The highest BCUT2D eigenvalue weighted by molar-refractivity contribution is 5.80. The zero-order valence-corrected chi connectivity index (χ0v) is 11.5. The van der Waals surface area contributed by atoms with Crippen molar-refractivity contribution in [2.24, 2.45) is 11.8 Å². The molecule has 5 nitrogen and oxygen atoms in total. The van der Waals surface area contributed by atoms with Gasteiger partial charge < -0.3 is 14.7 Å². The molecule has 2 rings (SSSR count). The normalized spacial score (nSPS) is 32.1. The maximum absolute atomic E-state index is 12.5. The average Bonchev–Trinajstić information content (AvgIpc) is 2.46. The number of carboxylic acids is 1. The SMILES string of the molecule is CC[C@@H]1CN(C(=O)[C@@H]2CCC[C@@H](C(=O)O)C2)CCO1. The van der Waals surface area contributed by atoms with Crippen LogP contribution in [-0.4, -0.2) is 47.7 Å². The number of amides is 1. The van der Waals surface area contributed by atoms with Crippen molar-refractivity contribution in [3.8, 4) is 0 Å². The molecular formula is C14H23NO4. The Morgan fingerprint density at radius 1 is 1.32 bits per heavy atom. The second kappa shape index (κ2) is 6.37. The Hall–Kier alpha value is -1.10. The molecule has 1 heterocycles. The van der Waals surface area contributed by atoms with Gasteiger partial charge in [0.25, 0.3) is 0 Å². The highest BCUT2D eigenvalue weighted by Gasteiger charge is 2.34. The maximum atomic E-state index is 12.5. The Balaban J connectivity index is 1.93. The summed E-state index contributed by atoms with van der Waals surface area (Å²) >= 11 is 0. The fourth-order valence-corrected chi connectivity index (χ4v) is 3.06. The van der Waals surface area contributed by atoms with Gasteiger partial charge >= 0.3 is 5.97 Å². The molecule has 1 aliphatic carbocycles. The lowest BCUT2D eigenvalue weighted by atomic mass is 9.80. The molecule has 0 aromatic heterocycles. The van der Waals surface area contributed by atoms with Crippen LogP contribution in [0.5, 0.6) is 0 Å². The molecule has 1 N–H and O–H groups in total. The zero-order chi connectivity index (χ0) is 13.8. The van der Waals surface area contributed by atoms with Crippen LogP contribution in [0.3, 0.4) is 0 Å². The molecule has 0 unspecified atom stereocenters. The topological polar surface area (TPSA) is 66.8 Å². The molecule has 5 heteroatoms. The van der Waals surface area contributed by atoms with E-state index >= 15 is 0 Å². The van der Waals surface area contributed by atoms with E-state index in [1.54, 1.807) is 0 Å². The van der Waals surface area contributed by atoms with Crippen molar-refractivity contribution in [1.29, 1.82) is 0 Å². The molecule has 0 aromatic rings. The summed E-state index contributed by atoms with van der Waals surface area (Å²) in [6.07, 6.45) is 3.93. The summed E-state index contributed by atoms with van der Waals surface area (Å²) in [6, 6.07) is 0. The van der Waals surface area contributed by atoms with Crippen LogP contribution in [0.25, 0.3) is 0 Å². The monoisotopic (exact) mass is 269 g/mol. The molecule has 1 aliphatic heterocycles. The van der Waals surface area contributed by atoms with Gasteiger partial charge in [0.05, 0.1) is 18.6 Å². The summed E-state index contributed by atoms with van der Waals surface area (Å²) < 4.78 is 5.57. The van der Waals surface area contributed by atoms with Gasteiger partial charge in [-0.05, 0) is 25.7 Å². The van der Waals surface area contributed by atoms with Crippen molar-refractivity contribution in [2.75, 3.05) is 19.7 Å². The Bertz CT molecular complexity index is 344. The van der Waals surface area contributed by atoms with Crippen molar-refractivity contribution >= 4 is 11.9 Å². The number of hydrogen-bond donors (Lipinski definition) is 1. The first-order valence-electron chi connectivity index (χ1n) is 7.25. The molecule has 0 radical (unpaired) electrons. The van der Waals surface area contributed by atoms with Gasteiger partial charge in [-0.1, -0.05) is 13.3 Å². The van der Waals surface area contributed by atoms with Crippen molar-refractivity contribution in [3.05, 3.63) is 0 Å². The second-order valence-corrected chi connectivity index (χ2v) is 5.58. The van der Waals surface area contributed by atoms with Crippen molar-refractivity contribution in [3.63, 3.8) is 0 Å². The minimum Gasteiger partial charge on any atom is -0.481 e. The third-order valence-electron chi connectivity index (χ3n) is 4.28. The van der Waals surface area contributed by atoms with E-state index in [0.29, 0.717) is 32.5 Å². The lowest BCUT2D eigenvalue weighted by Gasteiger charge is -2.36. The number of carbonyl (C=O) groups is 2. The summed E-state index contributed by atoms with van der Waals surface area (Å²) in [7, 11) is 0. The number of carboxylic acid groups (broad SMARTS) is 1. The number of carbonyl (C=O) groups excluding carboxylic acids is 1. The summed E-state index contributed by atoms with van der Waals surface area (Å²) in [5.74, 6) is -1.07. The molecule has 1 amide bonds. The first-order valence-corrected chi connectivity index (χ1v) is 7.25. The summed E-state index contributed by atoms with van der Waals surface area (Å²) in [6.45, 7) is 3.95. The van der Waals surface area contributed by atoms with E-state index in [4.69, 9.17) is 9.84 Å².